The third kappa shape index (κ3) is 6.30. The van der Waals surface area contributed by atoms with Gasteiger partial charge in [-0.05, 0) is 43.9 Å². The van der Waals surface area contributed by atoms with Crippen molar-refractivity contribution in [1.82, 2.24) is 34.6 Å². The minimum Gasteiger partial charge on any atom is -0.328 e. The lowest BCUT2D eigenvalue weighted by Gasteiger charge is -2.29. The zero-order valence-electron chi connectivity index (χ0n) is 18.7. The van der Waals surface area contributed by atoms with Crippen LogP contribution in [0.3, 0.4) is 0 Å². The first kappa shape index (κ1) is 25.9. The number of thioether (sulfide) groups is 1. The molecular weight excluding hydrogens is 512 g/mol. The molecule has 0 N–H and O–H groups in total. The molecule has 3 aromatic rings. The van der Waals surface area contributed by atoms with E-state index in [0.717, 1.165) is 18.9 Å². The second-order valence-corrected chi connectivity index (χ2v) is 9.13. The standard InChI is InChI=1S/C21H19F6N7OS/c1-12(17-30-11-31-34(17)19-28-5-2-6-29-19)33(9-13-3-4-13)18(35)14-7-15(21(25,26)27)32-16(8-14)36-10-20(22,23)24/h2,5-8,11-13H,3-4,9-10H2,1H3. The van der Waals surface area contributed by atoms with Gasteiger partial charge in [0.15, 0.2) is 5.82 Å². The maximum atomic E-state index is 13.5. The highest BCUT2D eigenvalue weighted by molar-refractivity contribution is 7.99. The van der Waals surface area contributed by atoms with Crippen LogP contribution < -0.4 is 0 Å². The number of pyridine rings is 1. The molecule has 0 spiro atoms. The van der Waals surface area contributed by atoms with E-state index in [-0.39, 0.29) is 36.0 Å². The zero-order chi connectivity index (χ0) is 26.1. The van der Waals surface area contributed by atoms with Gasteiger partial charge in [0.2, 0.25) is 0 Å². The number of hydrogen-bond acceptors (Lipinski definition) is 7. The second kappa shape index (κ2) is 10.0. The van der Waals surface area contributed by atoms with Crippen LogP contribution in [-0.4, -0.2) is 59.0 Å². The van der Waals surface area contributed by atoms with Gasteiger partial charge in [0, 0.05) is 24.5 Å². The SMILES string of the molecule is CC(c1ncnn1-c1ncccn1)N(CC1CC1)C(=O)c1cc(SCC(F)(F)F)nc(C(F)(F)F)c1. The fraction of sp³-hybridized carbons (Fsp3) is 0.429. The van der Waals surface area contributed by atoms with Crippen LogP contribution in [0.15, 0.2) is 41.9 Å². The molecule has 192 valence electrons. The number of carbonyl (C=O) groups excluding carboxylic acids is 1. The molecule has 15 heteroatoms. The smallest absolute Gasteiger partial charge is 0.328 e. The van der Waals surface area contributed by atoms with Gasteiger partial charge in [-0.1, -0.05) is 11.8 Å². The van der Waals surface area contributed by atoms with Gasteiger partial charge in [-0.25, -0.2) is 19.9 Å². The molecule has 1 aliphatic carbocycles. The third-order valence-corrected chi connectivity index (χ3v) is 6.27. The molecule has 1 amide bonds. The van der Waals surface area contributed by atoms with Crippen LogP contribution in [0, 0.1) is 5.92 Å². The lowest BCUT2D eigenvalue weighted by Crippen LogP contribution is -2.37. The monoisotopic (exact) mass is 531 g/mol. The summed E-state index contributed by atoms with van der Waals surface area (Å²) in [5, 5.41) is 3.55. The first-order chi connectivity index (χ1) is 16.9. The minimum atomic E-state index is -4.96. The zero-order valence-corrected chi connectivity index (χ0v) is 19.5. The van der Waals surface area contributed by atoms with Gasteiger partial charge in [-0.2, -0.15) is 36.1 Å². The Labute approximate surface area is 205 Å². The Morgan fingerprint density at radius 1 is 1.14 bits per heavy atom. The summed E-state index contributed by atoms with van der Waals surface area (Å²) in [6.07, 6.45) is -3.70. The molecule has 8 nitrogen and oxygen atoms in total. The largest absolute Gasteiger partial charge is 0.433 e. The number of rotatable bonds is 8. The lowest BCUT2D eigenvalue weighted by molar-refractivity contribution is -0.141. The van der Waals surface area contributed by atoms with Gasteiger partial charge >= 0.3 is 12.4 Å². The number of carbonyl (C=O) groups is 1. The molecule has 0 bridgehead atoms. The Morgan fingerprint density at radius 3 is 2.44 bits per heavy atom. The summed E-state index contributed by atoms with van der Waals surface area (Å²) in [6, 6.07) is 2.34. The van der Waals surface area contributed by atoms with Crippen molar-refractivity contribution >= 4 is 17.7 Å². The summed E-state index contributed by atoms with van der Waals surface area (Å²) in [5.74, 6) is -1.64. The Hall–Kier alpha value is -3.23. The molecule has 0 aromatic carbocycles. The number of nitrogens with zero attached hydrogens (tertiary/aromatic N) is 7. The number of halogens is 6. The normalized spacial score (nSPS) is 15.1. The Balaban J connectivity index is 1.70. The number of amides is 1. The van der Waals surface area contributed by atoms with Gasteiger partial charge in [-0.15, -0.1) is 0 Å². The van der Waals surface area contributed by atoms with Crippen molar-refractivity contribution in [3.63, 3.8) is 0 Å². The van der Waals surface area contributed by atoms with Crippen LogP contribution in [0.5, 0.6) is 0 Å². The highest BCUT2D eigenvalue weighted by Gasteiger charge is 2.37. The van der Waals surface area contributed by atoms with E-state index in [1.807, 2.05) is 0 Å². The fourth-order valence-corrected chi connectivity index (χ4v) is 4.08. The Bertz CT molecular complexity index is 1210. The predicted octanol–water partition coefficient (Wildman–Crippen LogP) is 4.74. The van der Waals surface area contributed by atoms with Gasteiger partial charge in [-0.3, -0.25) is 4.79 Å². The molecule has 3 aromatic heterocycles. The van der Waals surface area contributed by atoms with E-state index >= 15 is 0 Å². The average molecular weight is 531 g/mol. The molecule has 1 fully saturated rings. The topological polar surface area (TPSA) is 89.7 Å². The Morgan fingerprint density at radius 2 is 1.83 bits per heavy atom. The average Bonchev–Trinajstić information content (AvgIpc) is 3.52. The maximum absolute atomic E-state index is 13.5. The molecule has 36 heavy (non-hydrogen) atoms. The van der Waals surface area contributed by atoms with Gasteiger partial charge in [0.25, 0.3) is 11.9 Å². The van der Waals surface area contributed by atoms with Gasteiger partial charge in [0.1, 0.15) is 12.0 Å². The molecule has 0 saturated heterocycles. The first-order valence-corrected chi connectivity index (χ1v) is 11.7. The van der Waals surface area contributed by atoms with E-state index < -0.39 is 46.3 Å². The van der Waals surface area contributed by atoms with E-state index in [0.29, 0.717) is 6.07 Å². The van der Waals surface area contributed by atoms with Gasteiger partial charge < -0.3 is 4.90 Å². The summed E-state index contributed by atoms with van der Waals surface area (Å²) in [7, 11) is 0. The lowest BCUT2D eigenvalue weighted by atomic mass is 10.1. The van der Waals surface area contributed by atoms with E-state index in [1.54, 1.807) is 13.0 Å². The molecule has 1 atom stereocenters. The van der Waals surface area contributed by atoms with Crippen LogP contribution in [0.25, 0.3) is 5.95 Å². The van der Waals surface area contributed by atoms with Crippen LogP contribution in [0.2, 0.25) is 0 Å². The van der Waals surface area contributed by atoms with Crippen LogP contribution >= 0.6 is 11.8 Å². The quantitative estimate of drug-likeness (QED) is 0.307. The minimum absolute atomic E-state index is 0.0832. The molecule has 3 heterocycles. The summed E-state index contributed by atoms with van der Waals surface area (Å²) in [4.78, 5) is 30.6. The van der Waals surface area contributed by atoms with Gasteiger partial charge in [0.05, 0.1) is 16.8 Å². The summed E-state index contributed by atoms with van der Waals surface area (Å²) in [5.41, 5.74) is -1.87. The molecule has 1 saturated carbocycles. The van der Waals surface area contributed by atoms with Crippen molar-refractivity contribution in [2.75, 3.05) is 12.3 Å². The molecule has 1 aliphatic rings. The van der Waals surface area contributed by atoms with E-state index in [9.17, 15) is 31.1 Å². The van der Waals surface area contributed by atoms with Crippen molar-refractivity contribution in [3.05, 3.63) is 54.0 Å². The predicted molar refractivity (Wildman–Crippen MR) is 115 cm³/mol. The molecular formula is C21H19F6N7OS. The molecule has 4 rings (SSSR count). The Kier molecular flexibility index (Phi) is 7.20. The molecule has 1 unspecified atom stereocenters. The van der Waals surface area contributed by atoms with Crippen molar-refractivity contribution in [2.45, 2.75) is 43.2 Å². The van der Waals surface area contributed by atoms with Crippen molar-refractivity contribution in [2.24, 2.45) is 5.92 Å². The third-order valence-electron chi connectivity index (χ3n) is 5.29. The van der Waals surface area contributed by atoms with Crippen LogP contribution in [0.4, 0.5) is 26.3 Å². The van der Waals surface area contributed by atoms with Crippen molar-refractivity contribution < 1.29 is 31.1 Å². The first-order valence-electron chi connectivity index (χ1n) is 10.7. The van der Waals surface area contributed by atoms with Crippen molar-refractivity contribution in [3.8, 4) is 5.95 Å². The summed E-state index contributed by atoms with van der Waals surface area (Å²) < 4.78 is 79.8. The summed E-state index contributed by atoms with van der Waals surface area (Å²) >= 11 is 0.0832. The van der Waals surface area contributed by atoms with E-state index in [1.165, 1.54) is 28.3 Å². The number of hydrogen-bond donors (Lipinski definition) is 0. The van der Waals surface area contributed by atoms with Crippen LogP contribution in [-0.2, 0) is 6.18 Å². The second-order valence-electron chi connectivity index (χ2n) is 8.14. The molecule has 0 radical (unpaired) electrons. The van der Waals surface area contributed by atoms with E-state index in [2.05, 4.69) is 25.0 Å². The maximum Gasteiger partial charge on any atom is 0.433 e. The highest BCUT2D eigenvalue weighted by atomic mass is 32.2. The van der Waals surface area contributed by atoms with E-state index in [4.69, 9.17) is 0 Å². The van der Waals surface area contributed by atoms with Crippen molar-refractivity contribution in [1.29, 1.82) is 0 Å². The summed E-state index contributed by atoms with van der Waals surface area (Å²) in [6.45, 7) is 1.85. The molecule has 0 aliphatic heterocycles. The number of aromatic nitrogens is 6. The fourth-order valence-electron chi connectivity index (χ4n) is 3.39. The highest BCUT2D eigenvalue weighted by Crippen LogP contribution is 2.36. The van der Waals surface area contributed by atoms with Crippen LogP contribution in [0.1, 0.15) is 47.7 Å². The number of alkyl halides is 6.